The van der Waals surface area contributed by atoms with Crippen molar-refractivity contribution in [1.82, 2.24) is 0 Å². The van der Waals surface area contributed by atoms with Crippen LogP contribution in [-0.2, 0) is 10.0 Å². The van der Waals surface area contributed by atoms with Crippen LogP contribution in [0.3, 0.4) is 0 Å². The molecule has 0 radical (unpaired) electrons. The van der Waals surface area contributed by atoms with Gasteiger partial charge >= 0.3 is 10.0 Å². The normalized spacial score (nSPS) is 13.8. The van der Waals surface area contributed by atoms with Crippen molar-refractivity contribution in [3.63, 3.8) is 0 Å². The fourth-order valence-electron chi connectivity index (χ4n) is 4.47. The predicted molar refractivity (Wildman–Crippen MR) is 138 cm³/mol. The minimum Gasteiger partial charge on any atom is -0.369 e. The maximum atomic E-state index is 14.9. The second-order valence-electron chi connectivity index (χ2n) is 8.65. The third kappa shape index (κ3) is 4.95. The number of carbonyl (C=O) groups excluding carboxylic acids is 1. The summed E-state index contributed by atoms with van der Waals surface area (Å²) in [4.78, 5) is 15.5. The minimum absolute atomic E-state index is 0.0911. The fraction of sp³-hybridized carbons (Fsp3) is 0.320. The van der Waals surface area contributed by atoms with Crippen LogP contribution in [0.25, 0.3) is 0 Å². The maximum Gasteiger partial charge on any atom is 0.304 e. The number of carbonyl (C=O) groups is 1. The first-order valence-electron chi connectivity index (χ1n) is 11.7. The summed E-state index contributed by atoms with van der Waals surface area (Å²) >= 11 is 1.11. The fourth-order valence-corrected chi connectivity index (χ4v) is 6.77. The molecule has 192 valence electrons. The van der Waals surface area contributed by atoms with Crippen molar-refractivity contribution < 1.29 is 27.4 Å². The smallest absolute Gasteiger partial charge is 0.304 e. The maximum absolute atomic E-state index is 14.9. The van der Waals surface area contributed by atoms with Crippen LogP contribution < -0.4 is 20.1 Å². The molecular weight excluding hydrogens is 506 g/mol. The second kappa shape index (κ2) is 10.5. The Balaban J connectivity index is 1.69. The van der Waals surface area contributed by atoms with Crippen LogP contribution in [0.1, 0.15) is 40.6 Å². The van der Waals surface area contributed by atoms with E-state index in [2.05, 4.69) is 5.32 Å². The molecule has 7 nitrogen and oxygen atoms in total. The van der Waals surface area contributed by atoms with Gasteiger partial charge in [0.05, 0.1) is 17.1 Å². The van der Waals surface area contributed by atoms with E-state index >= 15 is 0 Å². The highest BCUT2D eigenvalue weighted by atomic mass is 32.2. The summed E-state index contributed by atoms with van der Waals surface area (Å²) in [7, 11) is -4.09. The van der Waals surface area contributed by atoms with Gasteiger partial charge in [-0.15, -0.1) is 15.8 Å². The molecule has 0 aliphatic carbocycles. The van der Waals surface area contributed by atoms with E-state index in [1.54, 1.807) is 32.2 Å². The van der Waals surface area contributed by atoms with Crippen LogP contribution in [-0.4, -0.2) is 34.0 Å². The molecule has 0 spiro atoms. The van der Waals surface area contributed by atoms with Crippen LogP contribution in [0.4, 0.5) is 25.8 Å². The van der Waals surface area contributed by atoms with Crippen molar-refractivity contribution in [2.75, 3.05) is 34.3 Å². The number of quaternary nitrogens is 1. The molecule has 2 heterocycles. The summed E-state index contributed by atoms with van der Waals surface area (Å²) in [6, 6.07) is 7.53. The lowest BCUT2D eigenvalue weighted by atomic mass is 10.0. The van der Waals surface area contributed by atoms with Crippen molar-refractivity contribution >= 4 is 44.3 Å². The number of rotatable bonds is 8. The highest BCUT2D eigenvalue weighted by Gasteiger charge is 2.33. The van der Waals surface area contributed by atoms with Gasteiger partial charge in [-0.25, -0.2) is 14.2 Å². The Morgan fingerprint density at radius 1 is 1.14 bits per heavy atom. The van der Waals surface area contributed by atoms with E-state index in [-0.39, 0.29) is 21.3 Å². The van der Waals surface area contributed by atoms with Gasteiger partial charge in [0.2, 0.25) is 0 Å². The molecule has 36 heavy (non-hydrogen) atoms. The molecule has 0 saturated carbocycles. The molecule has 11 heteroatoms. The molecule has 1 saturated heterocycles. The summed E-state index contributed by atoms with van der Waals surface area (Å²) in [5.41, 5.74) is 3.87. The lowest BCUT2D eigenvalue weighted by molar-refractivity contribution is -0.647. The van der Waals surface area contributed by atoms with E-state index in [9.17, 15) is 22.0 Å². The van der Waals surface area contributed by atoms with Crippen molar-refractivity contribution in [3.05, 3.63) is 69.4 Å². The first-order chi connectivity index (χ1) is 17.1. The third-order valence-electron chi connectivity index (χ3n) is 6.16. The van der Waals surface area contributed by atoms with Crippen LogP contribution in [0.5, 0.6) is 0 Å². The molecular formula is C25H29F2N4O3S2+. The first-order valence-corrected chi connectivity index (χ1v) is 14.0. The summed E-state index contributed by atoms with van der Waals surface area (Å²) < 4.78 is 56.1. The van der Waals surface area contributed by atoms with Gasteiger partial charge in [0.15, 0.2) is 0 Å². The molecule has 3 N–H and O–H groups in total. The van der Waals surface area contributed by atoms with Gasteiger partial charge in [0.1, 0.15) is 22.2 Å². The number of benzene rings is 2. The number of hydrogen-bond donors (Lipinski definition) is 2. The lowest BCUT2D eigenvalue weighted by Crippen LogP contribution is -2.95. The number of nitrogens with one attached hydrogen (secondary N) is 1. The Kier molecular flexibility index (Phi) is 7.62. The van der Waals surface area contributed by atoms with Gasteiger partial charge in [-0.05, 0) is 86.5 Å². The Morgan fingerprint density at radius 2 is 1.81 bits per heavy atom. The Hall–Kier alpha value is -3.02. The molecule has 1 aromatic heterocycles. The number of sulfonamides is 1. The SMILES string of the molecule is CC[NH2+]N(c1ccsc1C(=O)Nc1c(C)cc(F)c(N2CCCC2)c1C)S(=O)(=O)c1ccc(F)cc1. The average molecular weight is 536 g/mol. The molecule has 1 aliphatic rings. The number of thiophene rings is 1. The number of halogens is 2. The summed E-state index contributed by atoms with van der Waals surface area (Å²) in [6.45, 7) is 7.19. The standard InChI is InChI=1S/C25H28F2N4O3S2/c1-4-28-31(36(33,34)19-9-7-18(26)8-10-19)21-11-14-35-24(21)25(32)29-22-16(2)15-20(27)23(17(22)3)30-12-5-6-13-30/h7-11,14-15,28H,4-6,12-13H2,1-3H3,(H,29,32)/p+1. The summed E-state index contributed by atoms with van der Waals surface area (Å²) in [5.74, 6) is -1.36. The van der Waals surface area contributed by atoms with E-state index < -0.39 is 21.7 Å². The van der Waals surface area contributed by atoms with Crippen LogP contribution in [0.15, 0.2) is 46.7 Å². The number of nitrogens with zero attached hydrogens (tertiary/aromatic N) is 2. The van der Waals surface area contributed by atoms with Crippen LogP contribution in [0, 0.1) is 25.5 Å². The summed E-state index contributed by atoms with van der Waals surface area (Å²) in [6.07, 6.45) is 1.97. The molecule has 1 amide bonds. The molecule has 4 rings (SSSR count). The highest BCUT2D eigenvalue weighted by Crippen LogP contribution is 2.36. The quantitative estimate of drug-likeness (QED) is 0.335. The zero-order chi connectivity index (χ0) is 26.0. The molecule has 1 fully saturated rings. The van der Waals surface area contributed by atoms with Crippen molar-refractivity contribution in [3.8, 4) is 0 Å². The van der Waals surface area contributed by atoms with Gasteiger partial charge in [0.25, 0.3) is 5.91 Å². The number of anilines is 3. The van der Waals surface area contributed by atoms with E-state index in [0.29, 0.717) is 29.0 Å². The zero-order valence-corrected chi connectivity index (χ0v) is 22.0. The number of amides is 1. The number of nitrogens with two attached hydrogens (primary N) is 1. The number of hydrogen-bond acceptors (Lipinski definition) is 5. The molecule has 1 aliphatic heterocycles. The van der Waals surface area contributed by atoms with Gasteiger partial charge < -0.3 is 10.2 Å². The second-order valence-corrected chi connectivity index (χ2v) is 11.4. The topological polar surface area (TPSA) is 86.3 Å². The van der Waals surface area contributed by atoms with Crippen LogP contribution >= 0.6 is 11.3 Å². The van der Waals surface area contributed by atoms with Gasteiger partial charge in [0, 0.05) is 18.8 Å². The van der Waals surface area contributed by atoms with Crippen molar-refractivity contribution in [2.24, 2.45) is 0 Å². The highest BCUT2D eigenvalue weighted by molar-refractivity contribution is 7.92. The number of aryl methyl sites for hydroxylation is 1. The molecule has 3 aromatic rings. The van der Waals surface area contributed by atoms with Gasteiger partial charge in [-0.2, -0.15) is 8.42 Å². The first kappa shape index (κ1) is 26.1. The van der Waals surface area contributed by atoms with Gasteiger partial charge in [-0.3, -0.25) is 4.79 Å². The molecule has 0 unspecified atom stereocenters. The minimum atomic E-state index is -4.09. The predicted octanol–water partition coefficient (Wildman–Crippen LogP) is 4.19. The van der Waals surface area contributed by atoms with Crippen LogP contribution in [0.2, 0.25) is 0 Å². The van der Waals surface area contributed by atoms with E-state index in [0.717, 1.165) is 53.8 Å². The van der Waals surface area contributed by atoms with E-state index in [1.807, 2.05) is 4.90 Å². The Morgan fingerprint density at radius 3 is 2.44 bits per heavy atom. The Bertz CT molecular complexity index is 1370. The molecule has 2 aromatic carbocycles. The van der Waals surface area contributed by atoms with E-state index in [4.69, 9.17) is 0 Å². The molecule has 0 atom stereocenters. The van der Waals surface area contributed by atoms with Gasteiger partial charge in [-0.1, -0.05) is 0 Å². The molecule has 0 bridgehead atoms. The summed E-state index contributed by atoms with van der Waals surface area (Å²) in [5, 5.41) is 4.54. The average Bonchev–Trinajstić information content (AvgIpc) is 3.53. The largest absolute Gasteiger partial charge is 0.369 e. The van der Waals surface area contributed by atoms with Crippen molar-refractivity contribution in [1.29, 1.82) is 0 Å². The van der Waals surface area contributed by atoms with Crippen molar-refractivity contribution in [2.45, 2.75) is 38.5 Å². The third-order valence-corrected chi connectivity index (χ3v) is 8.80. The monoisotopic (exact) mass is 535 g/mol. The van der Waals surface area contributed by atoms with E-state index in [1.165, 1.54) is 23.6 Å². The Labute approximate surface area is 213 Å². The lowest BCUT2D eigenvalue weighted by Gasteiger charge is -2.24. The zero-order valence-electron chi connectivity index (χ0n) is 20.3.